The summed E-state index contributed by atoms with van der Waals surface area (Å²) in [5.41, 5.74) is 11.2. The first-order valence-corrected chi connectivity index (χ1v) is 6.52. The molecule has 0 radical (unpaired) electrons. The number of anilines is 1. The molecule has 19 heavy (non-hydrogen) atoms. The zero-order chi connectivity index (χ0) is 13.8. The predicted molar refractivity (Wildman–Crippen MR) is 83.4 cm³/mol. The quantitative estimate of drug-likeness (QED) is 0.839. The molecule has 0 fully saturated rings. The zero-order valence-electron chi connectivity index (χ0n) is 11.1. The van der Waals surface area contributed by atoms with Crippen molar-refractivity contribution in [3.05, 3.63) is 58.9 Å². The minimum absolute atomic E-state index is 0.411. The Labute approximate surface area is 118 Å². The molecule has 0 bridgehead atoms. The van der Waals surface area contributed by atoms with Crippen molar-refractivity contribution in [2.24, 2.45) is 5.73 Å². The second kappa shape index (κ2) is 5.80. The number of nitrogens with two attached hydrogens (primary N) is 1. The van der Waals surface area contributed by atoms with Gasteiger partial charge in [-0.15, -0.1) is 0 Å². The second-order valence-corrected chi connectivity index (χ2v) is 5.01. The van der Waals surface area contributed by atoms with Crippen LogP contribution < -0.4 is 11.1 Å². The minimum Gasteiger partial charge on any atom is -0.389 e. The van der Waals surface area contributed by atoms with E-state index in [1.165, 1.54) is 16.7 Å². The number of hydrogen-bond acceptors (Lipinski definition) is 3. The SMILES string of the molecule is Cc1ccc(C(N)=S)c(NCc2ccncc2C)c1. The van der Waals surface area contributed by atoms with Crippen LogP contribution in [0.2, 0.25) is 0 Å². The molecule has 3 N–H and O–H groups in total. The lowest BCUT2D eigenvalue weighted by molar-refractivity contribution is 1.09. The highest BCUT2D eigenvalue weighted by atomic mass is 32.1. The van der Waals surface area contributed by atoms with Crippen molar-refractivity contribution >= 4 is 22.9 Å². The number of rotatable bonds is 4. The number of aromatic nitrogens is 1. The van der Waals surface area contributed by atoms with Crippen LogP contribution in [0.3, 0.4) is 0 Å². The maximum atomic E-state index is 5.74. The topological polar surface area (TPSA) is 50.9 Å². The summed E-state index contributed by atoms with van der Waals surface area (Å²) < 4.78 is 0. The van der Waals surface area contributed by atoms with Crippen molar-refractivity contribution in [3.8, 4) is 0 Å². The first-order valence-electron chi connectivity index (χ1n) is 6.12. The molecule has 0 atom stereocenters. The molecule has 3 nitrogen and oxygen atoms in total. The van der Waals surface area contributed by atoms with E-state index in [1.807, 2.05) is 31.3 Å². The van der Waals surface area contributed by atoms with E-state index in [-0.39, 0.29) is 0 Å². The molecule has 1 heterocycles. The molecule has 2 aromatic rings. The molecule has 2 rings (SSSR count). The van der Waals surface area contributed by atoms with E-state index < -0.39 is 0 Å². The number of nitrogens with one attached hydrogen (secondary N) is 1. The number of hydrogen-bond donors (Lipinski definition) is 2. The fourth-order valence-corrected chi connectivity index (χ4v) is 2.09. The van der Waals surface area contributed by atoms with Gasteiger partial charge in [-0.1, -0.05) is 18.3 Å². The fourth-order valence-electron chi connectivity index (χ4n) is 1.91. The van der Waals surface area contributed by atoms with E-state index in [0.29, 0.717) is 4.99 Å². The lowest BCUT2D eigenvalue weighted by atomic mass is 10.1. The van der Waals surface area contributed by atoms with Crippen molar-refractivity contribution < 1.29 is 0 Å². The van der Waals surface area contributed by atoms with E-state index in [4.69, 9.17) is 18.0 Å². The Morgan fingerprint density at radius 3 is 2.79 bits per heavy atom. The summed E-state index contributed by atoms with van der Waals surface area (Å²) in [5.74, 6) is 0. The molecule has 0 saturated carbocycles. The van der Waals surface area contributed by atoms with E-state index in [2.05, 4.69) is 23.3 Å². The normalized spacial score (nSPS) is 10.2. The third kappa shape index (κ3) is 3.29. The standard InChI is InChI=1S/C15H17N3S/c1-10-3-4-13(15(16)19)14(7-10)18-9-12-5-6-17-8-11(12)2/h3-8,18H,9H2,1-2H3,(H2,16,19). The number of aryl methyl sites for hydroxylation is 2. The lowest BCUT2D eigenvalue weighted by Crippen LogP contribution is -2.13. The Balaban J connectivity index is 2.22. The van der Waals surface area contributed by atoms with Gasteiger partial charge in [0.25, 0.3) is 0 Å². The van der Waals surface area contributed by atoms with Crippen molar-refractivity contribution in [2.45, 2.75) is 20.4 Å². The first-order chi connectivity index (χ1) is 9.08. The van der Waals surface area contributed by atoms with Gasteiger partial charge >= 0.3 is 0 Å². The molecule has 4 heteroatoms. The minimum atomic E-state index is 0.411. The van der Waals surface area contributed by atoms with Gasteiger partial charge in [-0.2, -0.15) is 0 Å². The molecule has 1 aromatic heterocycles. The molecule has 0 amide bonds. The largest absolute Gasteiger partial charge is 0.389 e. The molecule has 0 aliphatic rings. The molecule has 0 saturated heterocycles. The highest BCUT2D eigenvalue weighted by Crippen LogP contribution is 2.19. The van der Waals surface area contributed by atoms with Gasteiger partial charge in [0.05, 0.1) is 0 Å². The molecule has 0 unspecified atom stereocenters. The highest BCUT2D eigenvalue weighted by molar-refractivity contribution is 7.80. The van der Waals surface area contributed by atoms with Crippen LogP contribution in [0.4, 0.5) is 5.69 Å². The molecule has 0 aliphatic heterocycles. The number of thiocarbonyl (C=S) groups is 1. The average molecular weight is 271 g/mol. The third-order valence-corrected chi connectivity index (χ3v) is 3.27. The van der Waals surface area contributed by atoms with Gasteiger partial charge in [-0.05, 0) is 48.7 Å². The third-order valence-electron chi connectivity index (χ3n) is 3.05. The molecule has 0 aliphatic carbocycles. The van der Waals surface area contributed by atoms with Gasteiger partial charge in [0.1, 0.15) is 4.99 Å². The van der Waals surface area contributed by atoms with Crippen molar-refractivity contribution in [3.63, 3.8) is 0 Å². The number of benzene rings is 1. The summed E-state index contributed by atoms with van der Waals surface area (Å²) in [6.45, 7) is 4.83. The van der Waals surface area contributed by atoms with Crippen LogP contribution in [-0.4, -0.2) is 9.97 Å². The lowest BCUT2D eigenvalue weighted by Gasteiger charge is -2.13. The van der Waals surface area contributed by atoms with Crippen molar-refractivity contribution in [1.29, 1.82) is 0 Å². The van der Waals surface area contributed by atoms with Gasteiger partial charge < -0.3 is 11.1 Å². The zero-order valence-corrected chi connectivity index (χ0v) is 11.9. The number of nitrogens with zero attached hydrogens (tertiary/aromatic N) is 1. The van der Waals surface area contributed by atoms with Crippen LogP contribution in [-0.2, 0) is 6.54 Å². The summed E-state index contributed by atoms with van der Waals surface area (Å²) in [5, 5.41) is 3.40. The predicted octanol–water partition coefficient (Wildman–Crippen LogP) is 2.94. The first kappa shape index (κ1) is 13.5. The van der Waals surface area contributed by atoms with Crippen LogP contribution >= 0.6 is 12.2 Å². The van der Waals surface area contributed by atoms with Crippen LogP contribution in [0.5, 0.6) is 0 Å². The number of pyridine rings is 1. The molecule has 1 aromatic carbocycles. The van der Waals surface area contributed by atoms with Gasteiger partial charge in [0.15, 0.2) is 0 Å². The maximum Gasteiger partial charge on any atom is 0.106 e. The van der Waals surface area contributed by atoms with Crippen LogP contribution in [0, 0.1) is 13.8 Å². The Kier molecular flexibility index (Phi) is 4.12. The summed E-state index contributed by atoms with van der Waals surface area (Å²) >= 11 is 5.08. The van der Waals surface area contributed by atoms with E-state index in [9.17, 15) is 0 Å². The molecular formula is C15H17N3S. The summed E-state index contributed by atoms with van der Waals surface area (Å²) in [7, 11) is 0. The van der Waals surface area contributed by atoms with E-state index >= 15 is 0 Å². The van der Waals surface area contributed by atoms with Crippen LogP contribution in [0.1, 0.15) is 22.3 Å². The second-order valence-electron chi connectivity index (χ2n) is 4.57. The van der Waals surface area contributed by atoms with Crippen molar-refractivity contribution in [1.82, 2.24) is 4.98 Å². The van der Waals surface area contributed by atoms with Gasteiger partial charge in [0.2, 0.25) is 0 Å². The average Bonchev–Trinajstić information content (AvgIpc) is 2.37. The van der Waals surface area contributed by atoms with Gasteiger partial charge in [-0.25, -0.2) is 0 Å². The van der Waals surface area contributed by atoms with Crippen LogP contribution in [0.25, 0.3) is 0 Å². The summed E-state index contributed by atoms with van der Waals surface area (Å²) in [6.07, 6.45) is 3.66. The summed E-state index contributed by atoms with van der Waals surface area (Å²) in [6, 6.07) is 8.04. The summed E-state index contributed by atoms with van der Waals surface area (Å²) in [4.78, 5) is 4.50. The van der Waals surface area contributed by atoms with E-state index in [1.54, 1.807) is 6.20 Å². The Bertz CT molecular complexity index is 608. The smallest absolute Gasteiger partial charge is 0.106 e. The monoisotopic (exact) mass is 271 g/mol. The fraction of sp³-hybridized carbons (Fsp3) is 0.200. The Hall–Kier alpha value is -1.94. The van der Waals surface area contributed by atoms with Crippen molar-refractivity contribution in [2.75, 3.05) is 5.32 Å². The molecule has 0 spiro atoms. The maximum absolute atomic E-state index is 5.74. The van der Waals surface area contributed by atoms with Gasteiger partial charge in [-0.3, -0.25) is 4.98 Å². The van der Waals surface area contributed by atoms with E-state index in [0.717, 1.165) is 17.8 Å². The van der Waals surface area contributed by atoms with Gasteiger partial charge in [0, 0.05) is 30.2 Å². The Morgan fingerprint density at radius 2 is 2.11 bits per heavy atom. The highest BCUT2D eigenvalue weighted by Gasteiger charge is 2.06. The molecular weight excluding hydrogens is 254 g/mol. The molecule has 98 valence electrons. The Morgan fingerprint density at radius 1 is 1.32 bits per heavy atom. The van der Waals surface area contributed by atoms with Crippen LogP contribution in [0.15, 0.2) is 36.7 Å².